The molecule has 0 unspecified atom stereocenters. The molecule has 0 radical (unpaired) electrons. The third kappa shape index (κ3) is 2.80. The minimum Gasteiger partial charge on any atom is -0.273 e. The van der Waals surface area contributed by atoms with Gasteiger partial charge in [-0.2, -0.15) is 0 Å². The lowest BCUT2D eigenvalue weighted by molar-refractivity contribution is -0.119. The summed E-state index contributed by atoms with van der Waals surface area (Å²) in [6.45, 7) is 3.41. The van der Waals surface area contributed by atoms with Crippen LogP contribution >= 0.6 is 0 Å². The fraction of sp³-hybridized carbons (Fsp3) is 0.316. The number of carbonyl (C=O) groups excluding carboxylic acids is 1. The number of hydrogen-bond donors (Lipinski definition) is 0. The highest BCUT2D eigenvalue weighted by Crippen LogP contribution is 2.37. The second kappa shape index (κ2) is 6.31. The molecule has 2 atom stereocenters. The molecule has 2 aromatic rings. The van der Waals surface area contributed by atoms with Gasteiger partial charge >= 0.3 is 0 Å². The van der Waals surface area contributed by atoms with Crippen LogP contribution in [0, 0.1) is 5.92 Å². The van der Waals surface area contributed by atoms with Gasteiger partial charge in [0, 0.05) is 6.04 Å². The summed E-state index contributed by atoms with van der Waals surface area (Å²) in [6, 6.07) is 12.6. The maximum absolute atomic E-state index is 13.2. The third-order valence-electron chi connectivity index (χ3n) is 5.13. The summed E-state index contributed by atoms with van der Waals surface area (Å²) < 4.78 is 53.1. The molecule has 7 nitrogen and oxygen atoms in total. The van der Waals surface area contributed by atoms with E-state index in [0.29, 0.717) is 12.1 Å². The monoisotopic (exact) mass is 420 g/mol. The SMILES string of the molecule is C[C@@H]1CS(=O)(=O)N(c2ccc(S(=O)(=O)N3c4ccccc4C[C@H]3C)cc2)C1=O. The van der Waals surface area contributed by atoms with Crippen molar-refractivity contribution in [2.24, 2.45) is 5.92 Å². The van der Waals surface area contributed by atoms with E-state index >= 15 is 0 Å². The first-order chi connectivity index (χ1) is 13.1. The Balaban J connectivity index is 1.71. The zero-order valence-electron chi connectivity index (χ0n) is 15.4. The number of benzene rings is 2. The first-order valence-electron chi connectivity index (χ1n) is 8.92. The maximum atomic E-state index is 13.2. The lowest BCUT2D eigenvalue weighted by Crippen LogP contribution is -2.35. The summed E-state index contributed by atoms with van der Waals surface area (Å²) in [5.74, 6) is -1.36. The highest BCUT2D eigenvalue weighted by atomic mass is 32.2. The molecule has 2 heterocycles. The average molecular weight is 421 g/mol. The van der Waals surface area contributed by atoms with E-state index in [4.69, 9.17) is 0 Å². The normalized spacial score (nSPS) is 23.9. The second-order valence-electron chi connectivity index (χ2n) is 7.26. The molecule has 0 aromatic heterocycles. The molecule has 1 fully saturated rings. The number of nitrogens with zero attached hydrogens (tertiary/aromatic N) is 2. The summed E-state index contributed by atoms with van der Waals surface area (Å²) in [4.78, 5) is 12.3. The van der Waals surface area contributed by atoms with Crippen LogP contribution in [0.2, 0.25) is 0 Å². The predicted molar refractivity (Wildman–Crippen MR) is 106 cm³/mol. The Morgan fingerprint density at radius 3 is 2.25 bits per heavy atom. The standard InChI is InChI=1S/C19H20N2O5S2/c1-13-12-27(23,24)21(19(13)22)16-7-9-17(10-8-16)28(25,26)20-14(2)11-15-5-3-4-6-18(15)20/h3-10,13-14H,11-12H2,1-2H3/t13-,14-/m1/s1. The van der Waals surface area contributed by atoms with Crippen LogP contribution < -0.4 is 8.61 Å². The van der Waals surface area contributed by atoms with E-state index in [2.05, 4.69) is 0 Å². The quantitative estimate of drug-likeness (QED) is 0.759. The van der Waals surface area contributed by atoms with Gasteiger partial charge < -0.3 is 0 Å². The van der Waals surface area contributed by atoms with Gasteiger partial charge in [-0.1, -0.05) is 25.1 Å². The molecule has 0 spiro atoms. The number of sulfonamides is 2. The molecule has 4 rings (SSSR count). The molecule has 0 bridgehead atoms. The van der Waals surface area contributed by atoms with Crippen molar-refractivity contribution in [2.75, 3.05) is 14.4 Å². The lowest BCUT2D eigenvalue weighted by atomic mass is 10.1. The molecule has 9 heteroatoms. The number of anilines is 2. The first-order valence-corrected chi connectivity index (χ1v) is 12.0. The van der Waals surface area contributed by atoms with Gasteiger partial charge in [0.1, 0.15) is 0 Å². The van der Waals surface area contributed by atoms with Gasteiger partial charge in [-0.05, 0) is 49.2 Å². The molecular weight excluding hydrogens is 400 g/mol. The Morgan fingerprint density at radius 1 is 1.00 bits per heavy atom. The van der Waals surface area contributed by atoms with Gasteiger partial charge in [0.2, 0.25) is 15.9 Å². The molecule has 28 heavy (non-hydrogen) atoms. The van der Waals surface area contributed by atoms with Crippen molar-refractivity contribution in [1.82, 2.24) is 0 Å². The minimum atomic E-state index is -3.81. The van der Waals surface area contributed by atoms with E-state index < -0.39 is 31.9 Å². The number of para-hydroxylation sites is 1. The Bertz CT molecular complexity index is 1160. The number of carbonyl (C=O) groups is 1. The van der Waals surface area contributed by atoms with Crippen molar-refractivity contribution >= 4 is 37.3 Å². The molecule has 0 aliphatic carbocycles. The van der Waals surface area contributed by atoms with E-state index in [9.17, 15) is 21.6 Å². The topological polar surface area (TPSA) is 91.8 Å². The van der Waals surface area contributed by atoms with Crippen molar-refractivity contribution in [3.63, 3.8) is 0 Å². The largest absolute Gasteiger partial charge is 0.273 e. The van der Waals surface area contributed by atoms with Gasteiger partial charge in [0.05, 0.1) is 27.9 Å². The Labute approximate surface area is 164 Å². The van der Waals surface area contributed by atoms with Crippen LogP contribution in [0.1, 0.15) is 19.4 Å². The molecule has 2 aliphatic rings. The van der Waals surface area contributed by atoms with Crippen molar-refractivity contribution in [2.45, 2.75) is 31.2 Å². The molecule has 2 aromatic carbocycles. The van der Waals surface area contributed by atoms with Crippen molar-refractivity contribution in [1.29, 1.82) is 0 Å². The van der Waals surface area contributed by atoms with E-state index in [0.717, 1.165) is 9.87 Å². The summed E-state index contributed by atoms with van der Waals surface area (Å²) in [7, 11) is -7.54. The van der Waals surface area contributed by atoms with Crippen LogP contribution in [-0.4, -0.2) is 34.5 Å². The summed E-state index contributed by atoms with van der Waals surface area (Å²) in [5.41, 5.74) is 1.78. The van der Waals surface area contributed by atoms with E-state index in [1.807, 2.05) is 19.1 Å². The van der Waals surface area contributed by atoms with Crippen LogP contribution in [0.4, 0.5) is 11.4 Å². The summed E-state index contributed by atoms with van der Waals surface area (Å²) >= 11 is 0. The van der Waals surface area contributed by atoms with Crippen molar-refractivity contribution in [3.8, 4) is 0 Å². The van der Waals surface area contributed by atoms with Crippen LogP contribution in [0.15, 0.2) is 53.4 Å². The lowest BCUT2D eigenvalue weighted by Gasteiger charge is -2.25. The number of hydrogen-bond acceptors (Lipinski definition) is 5. The minimum absolute atomic E-state index is 0.0527. The smallest absolute Gasteiger partial charge is 0.264 e. The molecule has 0 saturated carbocycles. The maximum Gasteiger partial charge on any atom is 0.264 e. The third-order valence-corrected chi connectivity index (χ3v) is 8.94. The zero-order chi connectivity index (χ0) is 20.3. The molecule has 0 N–H and O–H groups in total. The van der Waals surface area contributed by atoms with E-state index in [-0.39, 0.29) is 22.4 Å². The summed E-state index contributed by atoms with van der Waals surface area (Å²) in [6.07, 6.45) is 0.631. The molecule has 1 amide bonds. The fourth-order valence-electron chi connectivity index (χ4n) is 3.86. The van der Waals surface area contributed by atoms with Gasteiger partial charge in [-0.15, -0.1) is 0 Å². The van der Waals surface area contributed by atoms with Gasteiger partial charge in [0.25, 0.3) is 10.0 Å². The summed E-state index contributed by atoms with van der Waals surface area (Å²) in [5, 5.41) is 0. The molecular formula is C19H20N2O5S2. The number of amides is 1. The Morgan fingerprint density at radius 2 is 1.64 bits per heavy atom. The zero-order valence-corrected chi connectivity index (χ0v) is 17.1. The second-order valence-corrected chi connectivity index (χ2v) is 10.9. The van der Waals surface area contributed by atoms with Crippen LogP contribution in [0.5, 0.6) is 0 Å². The average Bonchev–Trinajstić information content (AvgIpc) is 3.07. The van der Waals surface area contributed by atoms with Gasteiger partial charge in [0.15, 0.2) is 0 Å². The van der Waals surface area contributed by atoms with Crippen molar-refractivity contribution < 1.29 is 21.6 Å². The fourth-order valence-corrected chi connectivity index (χ4v) is 7.37. The highest BCUT2D eigenvalue weighted by Gasteiger charge is 2.42. The van der Waals surface area contributed by atoms with Gasteiger partial charge in [-0.3, -0.25) is 9.10 Å². The van der Waals surface area contributed by atoms with Crippen LogP contribution in [0.3, 0.4) is 0 Å². The van der Waals surface area contributed by atoms with E-state index in [1.165, 1.54) is 28.6 Å². The highest BCUT2D eigenvalue weighted by molar-refractivity contribution is 7.94. The van der Waals surface area contributed by atoms with Crippen molar-refractivity contribution in [3.05, 3.63) is 54.1 Å². The first kappa shape index (κ1) is 18.9. The van der Waals surface area contributed by atoms with E-state index in [1.54, 1.807) is 19.1 Å². The molecule has 2 aliphatic heterocycles. The number of fused-ring (bicyclic) bond motifs is 1. The van der Waals surface area contributed by atoms with Gasteiger partial charge in [-0.25, -0.2) is 21.1 Å². The Hall–Kier alpha value is -2.39. The number of rotatable bonds is 3. The predicted octanol–water partition coefficient (Wildman–Crippen LogP) is 2.14. The van der Waals surface area contributed by atoms with Crippen LogP contribution in [-0.2, 0) is 31.3 Å². The molecule has 1 saturated heterocycles. The molecule has 148 valence electrons. The van der Waals surface area contributed by atoms with Crippen LogP contribution in [0.25, 0.3) is 0 Å². The Kier molecular flexibility index (Phi) is 4.27.